The first kappa shape index (κ1) is 11.2. The van der Waals surface area contributed by atoms with Crippen LogP contribution in [0.25, 0.3) is 0 Å². The third-order valence-corrected chi connectivity index (χ3v) is 1.62. The van der Waals surface area contributed by atoms with Crippen LogP contribution in [0.4, 0.5) is 0 Å². The van der Waals surface area contributed by atoms with Gasteiger partial charge in [-0.25, -0.2) is 5.06 Å². The number of amides is 1. The van der Waals surface area contributed by atoms with E-state index in [0.717, 1.165) is 18.4 Å². The molecule has 0 rings (SSSR count). The van der Waals surface area contributed by atoms with Crippen molar-refractivity contribution in [1.82, 2.24) is 5.06 Å². The second kappa shape index (κ2) is 5.77. The first-order valence-corrected chi connectivity index (χ1v) is 4.03. The Labute approximate surface area is 74.0 Å². The Kier molecular flexibility index (Phi) is 5.37. The summed E-state index contributed by atoms with van der Waals surface area (Å²) in [5.74, 6) is 0.0127. The average Bonchev–Trinajstić information content (AvgIpc) is 2.02. The van der Waals surface area contributed by atoms with E-state index < -0.39 is 0 Å². The van der Waals surface area contributed by atoms with Gasteiger partial charge >= 0.3 is 0 Å². The van der Waals surface area contributed by atoms with Crippen LogP contribution in [0.1, 0.15) is 26.2 Å². The van der Waals surface area contributed by atoms with Gasteiger partial charge in [0.05, 0.1) is 7.11 Å². The zero-order valence-corrected chi connectivity index (χ0v) is 8.09. The van der Waals surface area contributed by atoms with Crippen molar-refractivity contribution in [3.05, 3.63) is 12.2 Å². The van der Waals surface area contributed by atoms with Gasteiger partial charge < -0.3 is 0 Å². The van der Waals surface area contributed by atoms with E-state index >= 15 is 0 Å². The molecule has 0 N–H and O–H groups in total. The van der Waals surface area contributed by atoms with Crippen LogP contribution in [0.3, 0.4) is 0 Å². The lowest BCUT2D eigenvalue weighted by Gasteiger charge is -2.12. The molecule has 0 spiro atoms. The van der Waals surface area contributed by atoms with E-state index in [-0.39, 0.29) is 5.91 Å². The first-order valence-electron chi connectivity index (χ1n) is 4.03. The third kappa shape index (κ3) is 4.91. The van der Waals surface area contributed by atoms with Crippen LogP contribution in [-0.4, -0.2) is 25.1 Å². The molecule has 0 atom stereocenters. The van der Waals surface area contributed by atoms with Gasteiger partial charge in [0, 0.05) is 13.5 Å². The summed E-state index contributed by atoms with van der Waals surface area (Å²) in [7, 11) is 3.10. The van der Waals surface area contributed by atoms with Crippen molar-refractivity contribution in [1.29, 1.82) is 0 Å². The molecule has 0 aliphatic rings. The van der Waals surface area contributed by atoms with Gasteiger partial charge in [-0.2, -0.15) is 0 Å². The molecule has 70 valence electrons. The van der Waals surface area contributed by atoms with Crippen molar-refractivity contribution in [3.63, 3.8) is 0 Å². The van der Waals surface area contributed by atoms with Gasteiger partial charge in [-0.05, 0) is 19.8 Å². The van der Waals surface area contributed by atoms with E-state index in [0.29, 0.717) is 6.42 Å². The van der Waals surface area contributed by atoms with Crippen LogP contribution in [0.5, 0.6) is 0 Å². The molecule has 0 saturated carbocycles. The van der Waals surface area contributed by atoms with Crippen LogP contribution < -0.4 is 0 Å². The molecule has 0 aliphatic heterocycles. The molecule has 0 aromatic carbocycles. The predicted molar refractivity (Wildman–Crippen MR) is 48.4 cm³/mol. The largest absolute Gasteiger partial charge is 0.275 e. The van der Waals surface area contributed by atoms with Crippen molar-refractivity contribution in [2.24, 2.45) is 0 Å². The van der Waals surface area contributed by atoms with Gasteiger partial charge in [0.15, 0.2) is 0 Å². The number of allylic oxidation sites excluding steroid dienone is 1. The van der Waals surface area contributed by atoms with Gasteiger partial charge in [-0.3, -0.25) is 9.63 Å². The normalized spacial score (nSPS) is 9.58. The summed E-state index contributed by atoms with van der Waals surface area (Å²) in [6.45, 7) is 5.72. The quantitative estimate of drug-likeness (QED) is 0.466. The van der Waals surface area contributed by atoms with E-state index in [2.05, 4.69) is 6.58 Å². The van der Waals surface area contributed by atoms with Crippen LogP contribution in [0.15, 0.2) is 12.2 Å². The smallest absolute Gasteiger partial charge is 0.245 e. The molecular formula is C9H17NO2. The van der Waals surface area contributed by atoms with Crippen LogP contribution >= 0.6 is 0 Å². The third-order valence-electron chi connectivity index (χ3n) is 1.62. The fourth-order valence-corrected chi connectivity index (χ4v) is 0.801. The van der Waals surface area contributed by atoms with Crippen LogP contribution in [0, 0.1) is 0 Å². The molecule has 0 fully saturated rings. The summed E-state index contributed by atoms with van der Waals surface area (Å²) in [4.78, 5) is 15.9. The van der Waals surface area contributed by atoms with E-state index in [1.54, 1.807) is 7.05 Å². The van der Waals surface area contributed by atoms with E-state index in [1.807, 2.05) is 6.92 Å². The molecule has 0 bridgehead atoms. The Morgan fingerprint density at radius 1 is 1.50 bits per heavy atom. The molecule has 0 aliphatic carbocycles. The topological polar surface area (TPSA) is 29.5 Å². The van der Waals surface area contributed by atoms with E-state index in [1.165, 1.54) is 12.2 Å². The van der Waals surface area contributed by atoms with Gasteiger partial charge in [0.1, 0.15) is 0 Å². The van der Waals surface area contributed by atoms with Crippen molar-refractivity contribution in [3.8, 4) is 0 Å². The molecule has 0 aromatic rings. The van der Waals surface area contributed by atoms with Gasteiger partial charge in [0.2, 0.25) is 5.91 Å². The molecule has 1 amide bonds. The lowest BCUT2D eigenvalue weighted by molar-refractivity contribution is -0.168. The fraction of sp³-hybridized carbons (Fsp3) is 0.667. The fourth-order valence-electron chi connectivity index (χ4n) is 0.801. The minimum Gasteiger partial charge on any atom is -0.275 e. The Balaban J connectivity index is 3.50. The highest BCUT2D eigenvalue weighted by atomic mass is 16.7. The van der Waals surface area contributed by atoms with Gasteiger partial charge in [-0.1, -0.05) is 5.57 Å². The average molecular weight is 171 g/mol. The summed E-state index contributed by atoms with van der Waals surface area (Å²) in [5, 5.41) is 1.25. The SMILES string of the molecule is C=C(C)CCCC(=O)N(C)OC. The van der Waals surface area contributed by atoms with Crippen LogP contribution in [0.2, 0.25) is 0 Å². The van der Waals surface area contributed by atoms with Gasteiger partial charge in [0.25, 0.3) is 0 Å². The minimum atomic E-state index is 0.0127. The lowest BCUT2D eigenvalue weighted by atomic mass is 10.1. The number of nitrogens with zero attached hydrogens (tertiary/aromatic N) is 1. The molecule has 0 heterocycles. The van der Waals surface area contributed by atoms with Gasteiger partial charge in [-0.15, -0.1) is 6.58 Å². The summed E-state index contributed by atoms with van der Waals surface area (Å²) in [6, 6.07) is 0. The second-order valence-electron chi connectivity index (χ2n) is 2.88. The number of hydrogen-bond acceptors (Lipinski definition) is 2. The second-order valence-corrected chi connectivity index (χ2v) is 2.88. The maximum Gasteiger partial charge on any atom is 0.245 e. The van der Waals surface area contributed by atoms with Crippen molar-refractivity contribution >= 4 is 5.91 Å². The van der Waals surface area contributed by atoms with Crippen LogP contribution in [-0.2, 0) is 9.63 Å². The number of hydroxylamine groups is 2. The number of carbonyl (C=O) groups is 1. The van der Waals surface area contributed by atoms with Crippen molar-refractivity contribution in [2.75, 3.05) is 14.2 Å². The Bertz CT molecular complexity index is 166. The van der Waals surface area contributed by atoms with Crippen molar-refractivity contribution < 1.29 is 9.63 Å². The minimum absolute atomic E-state index is 0.0127. The lowest BCUT2D eigenvalue weighted by Crippen LogP contribution is -2.24. The summed E-state index contributed by atoms with van der Waals surface area (Å²) in [6.07, 6.45) is 2.28. The number of hydrogen-bond donors (Lipinski definition) is 0. The highest BCUT2D eigenvalue weighted by Gasteiger charge is 2.06. The first-order chi connectivity index (χ1) is 5.57. The zero-order chi connectivity index (χ0) is 9.56. The molecular weight excluding hydrogens is 154 g/mol. The van der Waals surface area contributed by atoms with E-state index in [9.17, 15) is 4.79 Å². The zero-order valence-electron chi connectivity index (χ0n) is 8.09. The Hall–Kier alpha value is -0.830. The molecule has 0 aromatic heterocycles. The monoisotopic (exact) mass is 171 g/mol. The summed E-state index contributed by atoms with van der Waals surface area (Å²) >= 11 is 0. The number of rotatable bonds is 5. The predicted octanol–water partition coefficient (Wildman–Crippen LogP) is 1.75. The molecule has 0 radical (unpaired) electrons. The summed E-state index contributed by atoms with van der Waals surface area (Å²) < 4.78 is 0. The highest BCUT2D eigenvalue weighted by Crippen LogP contribution is 2.05. The molecule has 3 nitrogen and oxygen atoms in total. The van der Waals surface area contributed by atoms with E-state index in [4.69, 9.17) is 4.84 Å². The maximum absolute atomic E-state index is 11.1. The molecule has 0 unspecified atom stereocenters. The standard InChI is InChI=1S/C9H17NO2/c1-8(2)6-5-7-9(11)10(3)12-4/h1,5-7H2,2-4H3. The molecule has 3 heteroatoms. The highest BCUT2D eigenvalue weighted by molar-refractivity contribution is 5.74. The Morgan fingerprint density at radius 2 is 2.08 bits per heavy atom. The maximum atomic E-state index is 11.1. The number of carbonyl (C=O) groups excluding carboxylic acids is 1. The van der Waals surface area contributed by atoms with Crippen molar-refractivity contribution in [2.45, 2.75) is 26.2 Å². The Morgan fingerprint density at radius 3 is 2.50 bits per heavy atom. The molecule has 0 saturated heterocycles. The molecule has 12 heavy (non-hydrogen) atoms. The summed E-state index contributed by atoms with van der Waals surface area (Å²) in [5.41, 5.74) is 1.11.